The molecule has 0 amide bonds. The maximum absolute atomic E-state index is 3.95. The molecule has 1 aliphatic heterocycles. The summed E-state index contributed by atoms with van der Waals surface area (Å²) < 4.78 is 0. The van der Waals surface area contributed by atoms with Crippen molar-refractivity contribution < 1.29 is 0 Å². The van der Waals surface area contributed by atoms with E-state index in [1.165, 1.54) is 33.2 Å². The van der Waals surface area contributed by atoms with Gasteiger partial charge < -0.3 is 0 Å². The number of halogens is 1. The van der Waals surface area contributed by atoms with Crippen LogP contribution in [0.25, 0.3) is 16.7 Å². The zero-order valence-corrected chi connectivity index (χ0v) is 13.6. The van der Waals surface area contributed by atoms with E-state index in [1.54, 1.807) is 0 Å². The molecule has 20 heavy (non-hydrogen) atoms. The van der Waals surface area contributed by atoms with Gasteiger partial charge in [0.25, 0.3) is 5.54 Å². The first-order chi connectivity index (χ1) is 9.77. The summed E-state index contributed by atoms with van der Waals surface area (Å²) in [6, 6.07) is 17.6. The fourth-order valence-electron chi connectivity index (χ4n) is 3.27. The van der Waals surface area contributed by atoms with Gasteiger partial charge in [-0.3, -0.25) is 0 Å². The Kier molecular flexibility index (Phi) is 3.84. The molecule has 0 fully saturated rings. The molecule has 2 heteroatoms. The Hall–Kier alpha value is -1.28. The number of fused-ring (bicyclic) bond motifs is 3. The van der Waals surface area contributed by atoms with Gasteiger partial charge in [-0.05, 0) is 35.1 Å². The summed E-state index contributed by atoms with van der Waals surface area (Å²) in [5.74, 6) is 0. The second kappa shape index (κ2) is 5.61. The smallest absolute Gasteiger partial charge is 0.143 e. The number of benzene rings is 2. The normalized spacial score (nSPS) is 13.8. The van der Waals surface area contributed by atoms with Crippen molar-refractivity contribution in [1.29, 1.82) is 0 Å². The highest BCUT2D eigenvalue weighted by atomic mass is 79.9. The van der Waals surface area contributed by atoms with Crippen molar-refractivity contribution in [3.63, 3.8) is 0 Å². The van der Waals surface area contributed by atoms with E-state index in [9.17, 15) is 0 Å². The highest BCUT2D eigenvalue weighted by molar-refractivity contribution is 9.25. The lowest BCUT2D eigenvalue weighted by molar-refractivity contribution is 1.14. The number of allylic oxidation sites excluding steroid dienone is 2. The highest BCUT2D eigenvalue weighted by Gasteiger charge is 2.28. The van der Waals surface area contributed by atoms with Gasteiger partial charge in [-0.25, -0.2) is 0 Å². The molecule has 0 aliphatic carbocycles. The fraction of sp³-hybridized carbons (Fsp3) is 0.222. The highest BCUT2D eigenvalue weighted by Crippen LogP contribution is 2.37. The van der Waals surface area contributed by atoms with Crippen molar-refractivity contribution in [2.45, 2.75) is 26.7 Å². The lowest BCUT2D eigenvalue weighted by Gasteiger charge is -2.14. The lowest BCUT2D eigenvalue weighted by Crippen LogP contribution is -2.27. The van der Waals surface area contributed by atoms with E-state index in [-0.39, 0.29) is 0 Å². The summed E-state index contributed by atoms with van der Waals surface area (Å²) in [4.78, 5) is 0. The Morgan fingerprint density at radius 1 is 0.800 bits per heavy atom. The maximum atomic E-state index is 3.95. The minimum absolute atomic E-state index is 0.325. The van der Waals surface area contributed by atoms with Crippen LogP contribution in [-0.2, 0) is 0 Å². The Labute approximate surface area is 130 Å². The first kappa shape index (κ1) is 13.7. The zero-order chi connectivity index (χ0) is 14.1. The maximum Gasteiger partial charge on any atom is 0.284 e. The summed E-state index contributed by atoms with van der Waals surface area (Å²) in [6.45, 7) is 4.52. The summed E-state index contributed by atoms with van der Waals surface area (Å²) >= 11 is 3.95. The van der Waals surface area contributed by atoms with Gasteiger partial charge in [0, 0.05) is 0 Å². The quantitative estimate of drug-likeness (QED) is 0.676. The van der Waals surface area contributed by atoms with Crippen LogP contribution >= 0.6 is 15.8 Å². The largest absolute Gasteiger partial charge is 0.284 e. The second-order valence-electron chi connectivity index (χ2n) is 5.21. The third kappa shape index (κ3) is 2.07. The van der Waals surface area contributed by atoms with E-state index in [4.69, 9.17) is 0 Å². The summed E-state index contributed by atoms with van der Waals surface area (Å²) in [5, 5.41) is 0. The fourth-order valence-corrected chi connectivity index (χ4v) is 4.27. The van der Waals surface area contributed by atoms with Gasteiger partial charge in [-0.2, -0.15) is 0 Å². The van der Waals surface area contributed by atoms with Gasteiger partial charge in [-0.1, -0.05) is 73.3 Å². The minimum Gasteiger partial charge on any atom is -0.143 e. The molecular weight excluding hydrogens is 307 g/mol. The SMILES string of the molecule is CCC1=C(CC)c2ccccc2-c2ccccc2B1Br. The molecular formula is C18H18BBr. The van der Waals surface area contributed by atoms with E-state index < -0.39 is 0 Å². The standard InChI is InChI=1S/C18H18BBr/c1-3-13-14-9-5-6-10-15(14)16-11-7-8-12-18(16)19(20)17(13)4-2/h5-12H,3-4H2,1-2H3. The first-order valence-electron chi connectivity index (χ1n) is 7.32. The van der Waals surface area contributed by atoms with Gasteiger partial charge in [0.15, 0.2) is 0 Å². The van der Waals surface area contributed by atoms with Crippen molar-refractivity contribution in [2.75, 3.05) is 0 Å². The van der Waals surface area contributed by atoms with Gasteiger partial charge in [0.05, 0.1) is 0 Å². The molecule has 0 unspecified atom stereocenters. The van der Waals surface area contributed by atoms with Crippen molar-refractivity contribution in [3.05, 3.63) is 59.6 Å². The second-order valence-corrected chi connectivity index (χ2v) is 6.12. The van der Waals surface area contributed by atoms with E-state index in [0.717, 1.165) is 12.8 Å². The average molecular weight is 325 g/mol. The molecule has 0 bridgehead atoms. The third-order valence-corrected chi connectivity index (χ3v) is 5.25. The van der Waals surface area contributed by atoms with Crippen molar-refractivity contribution in [3.8, 4) is 11.1 Å². The van der Waals surface area contributed by atoms with E-state index in [2.05, 4.69) is 78.1 Å². The van der Waals surface area contributed by atoms with Crippen LogP contribution in [-0.4, -0.2) is 5.54 Å². The average Bonchev–Trinajstić information content (AvgIpc) is 2.61. The van der Waals surface area contributed by atoms with Crippen molar-refractivity contribution in [2.24, 2.45) is 0 Å². The molecule has 1 aliphatic rings. The Morgan fingerprint density at radius 2 is 1.40 bits per heavy atom. The van der Waals surface area contributed by atoms with Crippen LogP contribution < -0.4 is 5.46 Å². The van der Waals surface area contributed by atoms with Crippen LogP contribution in [0.4, 0.5) is 0 Å². The molecule has 0 saturated heterocycles. The molecule has 1 heterocycles. The summed E-state index contributed by atoms with van der Waals surface area (Å²) in [7, 11) is 0. The summed E-state index contributed by atoms with van der Waals surface area (Å²) in [5.41, 5.74) is 8.87. The Morgan fingerprint density at radius 3 is 2.05 bits per heavy atom. The predicted molar refractivity (Wildman–Crippen MR) is 93.7 cm³/mol. The van der Waals surface area contributed by atoms with E-state index >= 15 is 0 Å². The van der Waals surface area contributed by atoms with E-state index in [0.29, 0.717) is 5.54 Å². The molecule has 0 radical (unpaired) electrons. The molecule has 0 N–H and O–H groups in total. The van der Waals surface area contributed by atoms with Gasteiger partial charge >= 0.3 is 0 Å². The van der Waals surface area contributed by atoms with Crippen molar-refractivity contribution >= 4 is 32.3 Å². The number of hydrogen-bond acceptors (Lipinski definition) is 0. The Balaban J connectivity index is 2.40. The van der Waals surface area contributed by atoms with Crippen LogP contribution in [0.5, 0.6) is 0 Å². The van der Waals surface area contributed by atoms with Crippen LogP contribution in [0.3, 0.4) is 0 Å². The molecule has 0 saturated carbocycles. The molecule has 0 atom stereocenters. The molecule has 3 rings (SSSR count). The Bertz CT molecular complexity index is 673. The predicted octanol–water partition coefficient (Wildman–Crippen LogP) is 5.07. The molecule has 0 nitrogen and oxygen atoms in total. The molecule has 2 aromatic rings. The first-order valence-corrected chi connectivity index (χ1v) is 8.24. The van der Waals surface area contributed by atoms with Gasteiger partial charge in [0.2, 0.25) is 0 Å². The third-order valence-electron chi connectivity index (χ3n) is 4.20. The molecule has 0 aromatic heterocycles. The van der Waals surface area contributed by atoms with Crippen LogP contribution in [0.15, 0.2) is 54.0 Å². The number of rotatable bonds is 2. The minimum atomic E-state index is 0.325. The molecule has 0 spiro atoms. The van der Waals surface area contributed by atoms with E-state index in [1.807, 2.05) is 0 Å². The van der Waals surface area contributed by atoms with Crippen LogP contribution in [0.2, 0.25) is 0 Å². The monoisotopic (exact) mass is 324 g/mol. The van der Waals surface area contributed by atoms with Crippen LogP contribution in [0, 0.1) is 0 Å². The number of hydrogen-bond donors (Lipinski definition) is 0. The van der Waals surface area contributed by atoms with Crippen molar-refractivity contribution in [1.82, 2.24) is 0 Å². The lowest BCUT2D eigenvalue weighted by atomic mass is 9.59. The van der Waals surface area contributed by atoms with Gasteiger partial charge in [0.1, 0.15) is 0 Å². The molecule has 100 valence electrons. The summed E-state index contributed by atoms with van der Waals surface area (Å²) in [6.07, 6.45) is 2.16. The molecule has 2 aromatic carbocycles. The van der Waals surface area contributed by atoms with Crippen LogP contribution in [0.1, 0.15) is 32.3 Å². The zero-order valence-electron chi connectivity index (χ0n) is 12.0. The van der Waals surface area contributed by atoms with Gasteiger partial charge in [-0.15, -0.1) is 15.8 Å². The topological polar surface area (TPSA) is 0 Å².